The molecule has 2 N–H and O–H groups in total. The maximum atomic E-state index is 5.47. The van der Waals surface area contributed by atoms with Crippen molar-refractivity contribution < 1.29 is 0 Å². The Labute approximate surface area is 82.4 Å². The summed E-state index contributed by atoms with van der Waals surface area (Å²) in [6.45, 7) is 1.28. The molecule has 0 radical (unpaired) electrons. The van der Waals surface area contributed by atoms with Crippen molar-refractivity contribution in [3.63, 3.8) is 0 Å². The first-order valence-corrected chi connectivity index (χ1v) is 4.48. The van der Waals surface area contributed by atoms with Crippen LogP contribution in [0.3, 0.4) is 0 Å². The second-order valence-corrected chi connectivity index (χ2v) is 3.10. The van der Waals surface area contributed by atoms with Gasteiger partial charge in [0.2, 0.25) is 0 Å². The fourth-order valence-electron chi connectivity index (χ4n) is 1.30. The fraction of sp³-hybridized carbons (Fsp3) is 0.200. The van der Waals surface area contributed by atoms with Gasteiger partial charge in [0.05, 0.1) is 18.6 Å². The van der Waals surface area contributed by atoms with E-state index in [1.807, 2.05) is 29.1 Å². The predicted octanol–water partition coefficient (Wildman–Crippen LogP) is 0.785. The van der Waals surface area contributed by atoms with Crippen molar-refractivity contribution >= 4 is 0 Å². The normalized spacial score (nSPS) is 10.4. The van der Waals surface area contributed by atoms with E-state index in [4.69, 9.17) is 5.73 Å². The Kier molecular flexibility index (Phi) is 2.55. The molecule has 14 heavy (non-hydrogen) atoms. The molecule has 0 aliphatic carbocycles. The largest absolute Gasteiger partial charge is 0.333 e. The number of hydrogen-bond donors (Lipinski definition) is 1. The lowest BCUT2D eigenvalue weighted by Crippen LogP contribution is -1.98. The molecule has 0 saturated carbocycles. The maximum Gasteiger partial charge on any atom is 0.0953 e. The highest BCUT2D eigenvalue weighted by Gasteiger charge is 1.97. The summed E-state index contributed by atoms with van der Waals surface area (Å²) in [4.78, 5) is 8.20. The van der Waals surface area contributed by atoms with Gasteiger partial charge in [0.1, 0.15) is 0 Å². The summed E-state index contributed by atoms with van der Waals surface area (Å²) in [5.41, 5.74) is 7.54. The standard InChI is InChI=1S/C10H12N4/c11-4-10-7-14(8-13-10)6-9-2-1-3-12-5-9/h1-3,5,7-8H,4,6,11H2. The number of pyridine rings is 1. The van der Waals surface area contributed by atoms with Crippen LogP contribution < -0.4 is 5.73 Å². The van der Waals surface area contributed by atoms with Crippen molar-refractivity contribution in [3.05, 3.63) is 48.3 Å². The van der Waals surface area contributed by atoms with Gasteiger partial charge < -0.3 is 10.3 Å². The van der Waals surface area contributed by atoms with Crippen LogP contribution in [0.5, 0.6) is 0 Å². The summed E-state index contributed by atoms with van der Waals surface area (Å²) < 4.78 is 2.00. The minimum absolute atomic E-state index is 0.486. The molecule has 0 bridgehead atoms. The summed E-state index contributed by atoms with van der Waals surface area (Å²) in [6, 6.07) is 3.96. The smallest absolute Gasteiger partial charge is 0.0953 e. The fourth-order valence-corrected chi connectivity index (χ4v) is 1.30. The van der Waals surface area contributed by atoms with Crippen LogP contribution in [0.2, 0.25) is 0 Å². The lowest BCUT2D eigenvalue weighted by molar-refractivity contribution is 0.792. The first-order valence-electron chi connectivity index (χ1n) is 4.48. The third kappa shape index (κ3) is 1.97. The Morgan fingerprint density at radius 2 is 2.36 bits per heavy atom. The monoisotopic (exact) mass is 188 g/mol. The molecule has 0 aliphatic rings. The van der Waals surface area contributed by atoms with E-state index in [1.165, 1.54) is 0 Å². The van der Waals surface area contributed by atoms with Crippen molar-refractivity contribution in [2.75, 3.05) is 0 Å². The summed E-state index contributed by atoms with van der Waals surface area (Å²) in [5.74, 6) is 0. The first-order chi connectivity index (χ1) is 6.88. The second kappa shape index (κ2) is 4.02. The van der Waals surface area contributed by atoms with Crippen LogP contribution in [0.4, 0.5) is 0 Å². The summed E-state index contributed by atoms with van der Waals surface area (Å²) in [6.07, 6.45) is 7.35. The van der Waals surface area contributed by atoms with E-state index in [-0.39, 0.29) is 0 Å². The summed E-state index contributed by atoms with van der Waals surface area (Å²) in [7, 11) is 0. The molecule has 0 amide bonds. The Hall–Kier alpha value is -1.68. The van der Waals surface area contributed by atoms with Crippen LogP contribution in [0.15, 0.2) is 37.1 Å². The van der Waals surface area contributed by atoms with Gasteiger partial charge >= 0.3 is 0 Å². The molecule has 0 saturated heterocycles. The predicted molar refractivity (Wildman–Crippen MR) is 53.5 cm³/mol. The Morgan fingerprint density at radius 1 is 1.43 bits per heavy atom. The van der Waals surface area contributed by atoms with Crippen LogP contribution in [0.1, 0.15) is 11.3 Å². The van der Waals surface area contributed by atoms with E-state index in [1.54, 1.807) is 12.5 Å². The molecule has 2 heterocycles. The van der Waals surface area contributed by atoms with E-state index in [0.29, 0.717) is 6.54 Å². The lowest BCUT2D eigenvalue weighted by atomic mass is 10.3. The molecule has 4 nitrogen and oxygen atoms in total. The van der Waals surface area contributed by atoms with Gasteiger partial charge in [-0.2, -0.15) is 0 Å². The second-order valence-electron chi connectivity index (χ2n) is 3.10. The van der Waals surface area contributed by atoms with Crippen molar-refractivity contribution in [3.8, 4) is 0 Å². The first kappa shape index (κ1) is 8.90. The van der Waals surface area contributed by atoms with Crippen LogP contribution in [-0.2, 0) is 13.1 Å². The van der Waals surface area contributed by atoms with Gasteiger partial charge in [-0.25, -0.2) is 4.98 Å². The topological polar surface area (TPSA) is 56.7 Å². The van der Waals surface area contributed by atoms with Crippen LogP contribution in [0.25, 0.3) is 0 Å². The molecule has 72 valence electrons. The van der Waals surface area contributed by atoms with E-state index >= 15 is 0 Å². The summed E-state index contributed by atoms with van der Waals surface area (Å²) >= 11 is 0. The maximum absolute atomic E-state index is 5.47. The highest BCUT2D eigenvalue weighted by Crippen LogP contribution is 2.01. The minimum atomic E-state index is 0.486. The third-order valence-electron chi connectivity index (χ3n) is 1.98. The van der Waals surface area contributed by atoms with Crippen LogP contribution >= 0.6 is 0 Å². The van der Waals surface area contributed by atoms with Gasteiger partial charge in [0, 0.05) is 25.1 Å². The zero-order valence-electron chi connectivity index (χ0n) is 7.80. The van der Waals surface area contributed by atoms with E-state index in [9.17, 15) is 0 Å². The Bertz CT molecular complexity index is 394. The Balaban J connectivity index is 2.11. The summed E-state index contributed by atoms with van der Waals surface area (Å²) in [5, 5.41) is 0. The third-order valence-corrected chi connectivity index (χ3v) is 1.98. The van der Waals surface area contributed by atoms with E-state index < -0.39 is 0 Å². The molecule has 0 fully saturated rings. The Morgan fingerprint density at radius 3 is 3.00 bits per heavy atom. The number of rotatable bonds is 3. The van der Waals surface area contributed by atoms with E-state index in [2.05, 4.69) is 9.97 Å². The van der Waals surface area contributed by atoms with Crippen molar-refractivity contribution in [1.29, 1.82) is 0 Å². The van der Waals surface area contributed by atoms with Gasteiger partial charge in [-0.3, -0.25) is 4.98 Å². The quantitative estimate of drug-likeness (QED) is 0.774. The zero-order valence-corrected chi connectivity index (χ0v) is 7.80. The molecule has 4 heteroatoms. The number of aromatic nitrogens is 3. The van der Waals surface area contributed by atoms with Crippen LogP contribution in [-0.4, -0.2) is 14.5 Å². The highest BCUT2D eigenvalue weighted by molar-refractivity contribution is 5.10. The average Bonchev–Trinajstić information content (AvgIpc) is 2.67. The van der Waals surface area contributed by atoms with Crippen molar-refractivity contribution in [2.24, 2.45) is 5.73 Å². The molecule has 2 aromatic heterocycles. The average molecular weight is 188 g/mol. The zero-order chi connectivity index (χ0) is 9.80. The molecule has 0 atom stereocenters. The number of nitrogens with zero attached hydrogens (tertiary/aromatic N) is 3. The number of imidazole rings is 1. The van der Waals surface area contributed by atoms with Gasteiger partial charge in [-0.15, -0.1) is 0 Å². The SMILES string of the molecule is NCc1cn(Cc2cccnc2)cn1. The van der Waals surface area contributed by atoms with Gasteiger partial charge in [-0.05, 0) is 11.6 Å². The van der Waals surface area contributed by atoms with Crippen LogP contribution in [0, 0.1) is 0 Å². The molecule has 0 aliphatic heterocycles. The minimum Gasteiger partial charge on any atom is -0.333 e. The molecular formula is C10H12N4. The molecule has 0 aromatic carbocycles. The number of hydrogen-bond acceptors (Lipinski definition) is 3. The van der Waals surface area contributed by atoms with Crippen molar-refractivity contribution in [1.82, 2.24) is 14.5 Å². The molecule has 2 aromatic rings. The van der Waals surface area contributed by atoms with E-state index in [0.717, 1.165) is 17.8 Å². The molecule has 0 spiro atoms. The number of nitrogens with two attached hydrogens (primary N) is 1. The molecular weight excluding hydrogens is 176 g/mol. The van der Waals surface area contributed by atoms with Gasteiger partial charge in [-0.1, -0.05) is 6.07 Å². The van der Waals surface area contributed by atoms with Gasteiger partial charge in [0.25, 0.3) is 0 Å². The highest BCUT2D eigenvalue weighted by atomic mass is 15.0. The van der Waals surface area contributed by atoms with Gasteiger partial charge in [0.15, 0.2) is 0 Å². The molecule has 0 unspecified atom stereocenters. The lowest BCUT2D eigenvalue weighted by Gasteiger charge is -2.00. The van der Waals surface area contributed by atoms with Crippen molar-refractivity contribution in [2.45, 2.75) is 13.1 Å². The molecule has 2 rings (SSSR count).